The van der Waals surface area contributed by atoms with Crippen molar-refractivity contribution in [1.29, 1.82) is 0 Å². The molecule has 2 saturated heterocycles. The highest BCUT2D eigenvalue weighted by atomic mass is 16.5. The lowest BCUT2D eigenvalue weighted by Gasteiger charge is -2.39. The van der Waals surface area contributed by atoms with Gasteiger partial charge in [-0.2, -0.15) is 0 Å². The lowest BCUT2D eigenvalue weighted by Crippen LogP contribution is -2.58. The van der Waals surface area contributed by atoms with Crippen LogP contribution in [0, 0.1) is 0 Å². The Bertz CT molecular complexity index is 398. The maximum Gasteiger partial charge on any atom is 0.225 e. The molecule has 1 spiro atoms. The van der Waals surface area contributed by atoms with Gasteiger partial charge in [-0.15, -0.1) is 0 Å². The van der Waals surface area contributed by atoms with Gasteiger partial charge in [-0.1, -0.05) is 0 Å². The number of hydrogen-bond donors (Lipinski definition) is 1. The van der Waals surface area contributed by atoms with Crippen LogP contribution in [0.3, 0.4) is 0 Å². The number of guanidine groups is 1. The van der Waals surface area contributed by atoms with E-state index < -0.39 is 0 Å². The van der Waals surface area contributed by atoms with E-state index in [4.69, 9.17) is 10.5 Å². The second kappa shape index (κ2) is 4.12. The molecule has 0 saturated carbocycles. The van der Waals surface area contributed by atoms with E-state index in [9.17, 15) is 4.79 Å². The summed E-state index contributed by atoms with van der Waals surface area (Å²) in [6, 6.07) is 0.284. The number of ether oxygens (including phenoxy) is 1. The third-order valence-corrected chi connectivity index (χ3v) is 4.50. The van der Waals surface area contributed by atoms with Crippen LogP contribution in [0.2, 0.25) is 0 Å². The van der Waals surface area contributed by atoms with Crippen molar-refractivity contribution in [1.82, 2.24) is 9.80 Å². The molecule has 18 heavy (non-hydrogen) atoms. The summed E-state index contributed by atoms with van der Waals surface area (Å²) in [4.78, 5) is 20.6. The van der Waals surface area contributed by atoms with Gasteiger partial charge in [0, 0.05) is 20.2 Å². The van der Waals surface area contributed by atoms with Gasteiger partial charge < -0.3 is 20.3 Å². The largest absolute Gasteiger partial charge is 0.383 e. The predicted molar refractivity (Wildman–Crippen MR) is 67.2 cm³/mol. The smallest absolute Gasteiger partial charge is 0.225 e. The molecule has 100 valence electrons. The quantitative estimate of drug-likeness (QED) is 0.728. The van der Waals surface area contributed by atoms with Crippen LogP contribution in [0.1, 0.15) is 19.3 Å². The standard InChI is InChI=1S/C12H20N4O2/c1-18-6-5-16-11(13)14-8-12(16)7-10(17)15-4-2-3-9(12)15/h9H,2-8H2,1H3,(H2,13,14). The second-order valence-electron chi connectivity index (χ2n) is 5.34. The number of fused-ring (bicyclic) bond motifs is 2. The fraction of sp³-hybridized carbons (Fsp3) is 0.833. The first-order valence-electron chi connectivity index (χ1n) is 6.55. The maximum atomic E-state index is 12.1. The highest BCUT2D eigenvalue weighted by molar-refractivity contribution is 5.87. The van der Waals surface area contributed by atoms with E-state index in [0.717, 1.165) is 19.4 Å². The molecule has 0 radical (unpaired) electrons. The van der Waals surface area contributed by atoms with Gasteiger partial charge in [0.2, 0.25) is 5.91 Å². The topological polar surface area (TPSA) is 71.2 Å². The molecule has 6 heteroatoms. The van der Waals surface area contributed by atoms with Gasteiger partial charge in [0.25, 0.3) is 0 Å². The Kier molecular flexibility index (Phi) is 2.69. The van der Waals surface area contributed by atoms with Gasteiger partial charge in [-0.05, 0) is 12.8 Å². The van der Waals surface area contributed by atoms with E-state index >= 15 is 0 Å². The van der Waals surface area contributed by atoms with Gasteiger partial charge >= 0.3 is 0 Å². The summed E-state index contributed by atoms with van der Waals surface area (Å²) in [5, 5.41) is 0. The average molecular weight is 252 g/mol. The molecule has 3 aliphatic rings. The van der Waals surface area contributed by atoms with Crippen LogP contribution in [0.4, 0.5) is 0 Å². The summed E-state index contributed by atoms with van der Waals surface area (Å²) >= 11 is 0. The highest BCUT2D eigenvalue weighted by Crippen LogP contribution is 2.43. The molecule has 6 nitrogen and oxygen atoms in total. The molecule has 0 bridgehead atoms. The fourth-order valence-corrected chi connectivity index (χ4v) is 3.68. The van der Waals surface area contributed by atoms with Crippen LogP contribution < -0.4 is 5.73 Å². The van der Waals surface area contributed by atoms with E-state index in [-0.39, 0.29) is 17.5 Å². The van der Waals surface area contributed by atoms with Crippen molar-refractivity contribution in [2.24, 2.45) is 10.7 Å². The number of nitrogens with zero attached hydrogens (tertiary/aromatic N) is 3. The number of rotatable bonds is 3. The number of carbonyl (C=O) groups is 1. The zero-order valence-electron chi connectivity index (χ0n) is 10.8. The zero-order valence-corrected chi connectivity index (χ0v) is 10.8. The SMILES string of the molecule is COCCN1C(N)=NCC12CC(=O)N1CCCC12. The number of aliphatic imine (C=N–C) groups is 1. The molecule has 3 aliphatic heterocycles. The highest BCUT2D eigenvalue weighted by Gasteiger charge is 2.58. The Balaban J connectivity index is 1.87. The number of amides is 1. The van der Waals surface area contributed by atoms with Gasteiger partial charge in [-0.25, -0.2) is 0 Å². The van der Waals surface area contributed by atoms with E-state index in [2.05, 4.69) is 9.89 Å². The molecule has 0 aromatic carbocycles. The fourth-order valence-electron chi connectivity index (χ4n) is 3.68. The van der Waals surface area contributed by atoms with Gasteiger partial charge in [0.1, 0.15) is 0 Å². The molecule has 3 heterocycles. The lowest BCUT2D eigenvalue weighted by molar-refractivity contribution is -0.127. The molecule has 2 unspecified atom stereocenters. The van der Waals surface area contributed by atoms with Gasteiger partial charge in [0.15, 0.2) is 5.96 Å². The summed E-state index contributed by atoms with van der Waals surface area (Å²) in [7, 11) is 1.68. The van der Waals surface area contributed by atoms with Crippen molar-refractivity contribution in [3.8, 4) is 0 Å². The summed E-state index contributed by atoms with van der Waals surface area (Å²) in [6.45, 7) is 2.86. The number of nitrogens with two attached hydrogens (primary N) is 1. The predicted octanol–water partition coefficient (Wildman–Crippen LogP) is -0.603. The molecule has 2 fully saturated rings. The van der Waals surface area contributed by atoms with Crippen LogP contribution in [-0.4, -0.2) is 66.6 Å². The van der Waals surface area contributed by atoms with Crippen molar-refractivity contribution in [2.75, 3.05) is 33.4 Å². The molecule has 0 aliphatic carbocycles. The van der Waals surface area contributed by atoms with E-state index in [1.165, 1.54) is 0 Å². The maximum absolute atomic E-state index is 12.1. The van der Waals surface area contributed by atoms with Crippen LogP contribution in [0.15, 0.2) is 4.99 Å². The third-order valence-electron chi connectivity index (χ3n) is 4.50. The van der Waals surface area contributed by atoms with Crippen LogP contribution in [-0.2, 0) is 9.53 Å². The molecular weight excluding hydrogens is 232 g/mol. The van der Waals surface area contributed by atoms with Crippen molar-refractivity contribution >= 4 is 11.9 Å². The Morgan fingerprint density at radius 2 is 2.44 bits per heavy atom. The third kappa shape index (κ3) is 1.44. The second-order valence-corrected chi connectivity index (χ2v) is 5.34. The Labute approximate surface area is 107 Å². The van der Waals surface area contributed by atoms with Crippen molar-refractivity contribution in [3.63, 3.8) is 0 Å². The monoisotopic (exact) mass is 252 g/mol. The first-order chi connectivity index (χ1) is 8.69. The first-order valence-corrected chi connectivity index (χ1v) is 6.55. The summed E-state index contributed by atoms with van der Waals surface area (Å²) in [5.74, 6) is 0.818. The van der Waals surface area contributed by atoms with Gasteiger partial charge in [-0.3, -0.25) is 9.79 Å². The number of methoxy groups -OCH3 is 1. The minimum atomic E-state index is -0.198. The lowest BCUT2D eigenvalue weighted by atomic mass is 9.87. The Morgan fingerprint density at radius 1 is 1.61 bits per heavy atom. The van der Waals surface area contributed by atoms with E-state index in [1.54, 1.807) is 7.11 Å². The first kappa shape index (κ1) is 11.8. The minimum Gasteiger partial charge on any atom is -0.383 e. The van der Waals surface area contributed by atoms with Crippen molar-refractivity contribution in [3.05, 3.63) is 0 Å². The van der Waals surface area contributed by atoms with Crippen LogP contribution in [0.5, 0.6) is 0 Å². The molecule has 2 N–H and O–H groups in total. The molecule has 3 rings (SSSR count). The van der Waals surface area contributed by atoms with Crippen LogP contribution >= 0.6 is 0 Å². The zero-order chi connectivity index (χ0) is 12.8. The van der Waals surface area contributed by atoms with Crippen molar-refractivity contribution in [2.45, 2.75) is 30.8 Å². The molecule has 1 amide bonds. The van der Waals surface area contributed by atoms with E-state index in [0.29, 0.717) is 32.1 Å². The average Bonchev–Trinajstić information content (AvgIpc) is 2.99. The number of carbonyl (C=O) groups excluding carboxylic acids is 1. The normalized spacial score (nSPS) is 34.6. The van der Waals surface area contributed by atoms with Crippen molar-refractivity contribution < 1.29 is 9.53 Å². The van der Waals surface area contributed by atoms with Crippen LogP contribution in [0.25, 0.3) is 0 Å². The molecular formula is C12H20N4O2. The summed E-state index contributed by atoms with van der Waals surface area (Å²) in [5.41, 5.74) is 5.79. The molecule has 0 aromatic heterocycles. The summed E-state index contributed by atoms with van der Waals surface area (Å²) < 4.78 is 5.14. The Hall–Kier alpha value is -1.30. The summed E-state index contributed by atoms with van der Waals surface area (Å²) in [6.07, 6.45) is 2.71. The van der Waals surface area contributed by atoms with E-state index in [1.807, 2.05) is 4.90 Å². The minimum absolute atomic E-state index is 0.198. The van der Waals surface area contributed by atoms with Gasteiger partial charge in [0.05, 0.1) is 31.2 Å². The molecule has 0 aromatic rings. The number of hydrogen-bond acceptors (Lipinski definition) is 5. The Morgan fingerprint density at radius 3 is 3.22 bits per heavy atom. The molecule has 2 atom stereocenters.